The van der Waals surface area contributed by atoms with Crippen molar-refractivity contribution in [2.24, 2.45) is 4.99 Å². The zero-order valence-electron chi connectivity index (χ0n) is 14.4. The molecule has 0 N–H and O–H groups in total. The molecule has 0 radical (unpaired) electrons. The van der Waals surface area contributed by atoms with Crippen LogP contribution in [-0.2, 0) is 6.54 Å². The van der Waals surface area contributed by atoms with Crippen molar-refractivity contribution >= 4 is 55.2 Å². The molecule has 130 valence electrons. The summed E-state index contributed by atoms with van der Waals surface area (Å²) in [5.74, 6) is 0.803. The van der Waals surface area contributed by atoms with Crippen molar-refractivity contribution in [1.82, 2.24) is 4.57 Å². The Bertz CT molecular complexity index is 1000. The van der Waals surface area contributed by atoms with Crippen molar-refractivity contribution in [3.8, 4) is 0 Å². The second kappa shape index (κ2) is 7.89. The van der Waals surface area contributed by atoms with Gasteiger partial charge >= 0.3 is 0 Å². The van der Waals surface area contributed by atoms with Gasteiger partial charge in [-0.05, 0) is 49.9 Å². The molecule has 25 heavy (non-hydrogen) atoms. The number of nitrogens with zero attached hydrogens (tertiary/aromatic N) is 2. The number of carbonyl (C=O) groups is 1. The minimum Gasteiger partial charge on any atom is -0.316 e. The molecule has 3 rings (SSSR count). The molecule has 0 unspecified atom stereocenters. The molecule has 3 aromatic rings. The Kier molecular flexibility index (Phi) is 5.81. The van der Waals surface area contributed by atoms with Gasteiger partial charge in [0.25, 0.3) is 5.91 Å². The average molecular weight is 435 g/mol. The van der Waals surface area contributed by atoms with Crippen molar-refractivity contribution in [1.29, 1.82) is 0 Å². The average Bonchev–Trinajstić information content (AvgIpc) is 2.91. The van der Waals surface area contributed by atoms with Crippen molar-refractivity contribution in [2.45, 2.75) is 20.4 Å². The summed E-state index contributed by atoms with van der Waals surface area (Å²) in [6, 6.07) is 12.1. The first kappa shape index (κ1) is 18.4. The van der Waals surface area contributed by atoms with Crippen LogP contribution in [0.4, 0.5) is 0 Å². The molecule has 0 saturated heterocycles. The Morgan fingerprint density at radius 1 is 1.24 bits per heavy atom. The number of benzene rings is 2. The van der Waals surface area contributed by atoms with E-state index in [4.69, 9.17) is 0 Å². The quantitative estimate of drug-likeness (QED) is 0.566. The molecule has 1 amide bonds. The van der Waals surface area contributed by atoms with E-state index in [0.29, 0.717) is 5.56 Å². The normalized spacial score (nSPS) is 12.1. The molecule has 0 bridgehead atoms. The van der Waals surface area contributed by atoms with E-state index in [1.54, 1.807) is 23.1 Å². The summed E-state index contributed by atoms with van der Waals surface area (Å²) >= 11 is 6.87. The van der Waals surface area contributed by atoms with E-state index in [1.165, 1.54) is 0 Å². The predicted octanol–water partition coefficient (Wildman–Crippen LogP) is 5.19. The maximum atomic E-state index is 12.8. The molecule has 6 heteroatoms. The zero-order chi connectivity index (χ0) is 18.0. The largest absolute Gasteiger partial charge is 0.316 e. The van der Waals surface area contributed by atoms with E-state index in [9.17, 15) is 4.79 Å². The first-order valence-electron chi connectivity index (χ1n) is 7.94. The lowest BCUT2D eigenvalue weighted by Crippen LogP contribution is -2.18. The fraction of sp³-hybridized carbons (Fsp3) is 0.263. The van der Waals surface area contributed by atoms with Gasteiger partial charge in [-0.15, -0.1) is 0 Å². The summed E-state index contributed by atoms with van der Waals surface area (Å²) < 4.78 is 4.31. The van der Waals surface area contributed by atoms with Crippen molar-refractivity contribution in [3.05, 3.63) is 62.4 Å². The standard InChI is InChI=1S/C19H19BrN2OS2/c1-12-4-5-13(2)15(10-12)18(23)21-19-22(8-9-24-3)16-7-6-14(20)11-17(16)25-19/h4-7,10-11H,8-9H2,1-3H3. The van der Waals surface area contributed by atoms with Crippen molar-refractivity contribution in [2.75, 3.05) is 12.0 Å². The van der Waals surface area contributed by atoms with Gasteiger partial charge in [-0.3, -0.25) is 4.79 Å². The number of amides is 1. The second-order valence-corrected chi connectivity index (χ2v) is 8.79. The lowest BCUT2D eigenvalue weighted by molar-refractivity contribution is 0.0997. The van der Waals surface area contributed by atoms with Crippen LogP contribution in [0.3, 0.4) is 0 Å². The highest BCUT2D eigenvalue weighted by molar-refractivity contribution is 9.10. The highest BCUT2D eigenvalue weighted by atomic mass is 79.9. The number of aromatic nitrogens is 1. The lowest BCUT2D eigenvalue weighted by Gasteiger charge is -2.05. The molecule has 3 nitrogen and oxygen atoms in total. The van der Waals surface area contributed by atoms with Gasteiger partial charge in [0.1, 0.15) is 0 Å². The van der Waals surface area contributed by atoms with Gasteiger partial charge in [0, 0.05) is 22.3 Å². The van der Waals surface area contributed by atoms with E-state index < -0.39 is 0 Å². The van der Waals surface area contributed by atoms with Gasteiger partial charge in [0.15, 0.2) is 4.80 Å². The summed E-state index contributed by atoms with van der Waals surface area (Å²) in [7, 11) is 0. The number of thioether (sulfide) groups is 1. The third-order valence-corrected chi connectivity index (χ3v) is 6.11. The third-order valence-electron chi connectivity index (χ3n) is 3.98. The van der Waals surface area contributed by atoms with Gasteiger partial charge in [-0.25, -0.2) is 0 Å². The second-order valence-electron chi connectivity index (χ2n) is 5.88. The number of hydrogen-bond donors (Lipinski definition) is 0. The number of carbonyl (C=O) groups excluding carboxylic acids is 1. The van der Waals surface area contributed by atoms with Crippen LogP contribution in [0.5, 0.6) is 0 Å². The van der Waals surface area contributed by atoms with Gasteiger partial charge in [-0.1, -0.05) is 45.0 Å². The zero-order valence-corrected chi connectivity index (χ0v) is 17.6. The number of hydrogen-bond acceptors (Lipinski definition) is 3. The molecule has 1 heterocycles. The molecule has 0 spiro atoms. The summed E-state index contributed by atoms with van der Waals surface area (Å²) in [6.45, 7) is 4.78. The van der Waals surface area contributed by atoms with Gasteiger partial charge < -0.3 is 4.57 Å². The molecule has 0 aliphatic rings. The lowest BCUT2D eigenvalue weighted by atomic mass is 10.1. The Labute approximate surface area is 163 Å². The molecule has 1 aromatic heterocycles. The third kappa shape index (κ3) is 4.07. The highest BCUT2D eigenvalue weighted by Crippen LogP contribution is 2.22. The summed E-state index contributed by atoms with van der Waals surface area (Å²) in [4.78, 5) is 18.0. The predicted molar refractivity (Wildman–Crippen MR) is 112 cm³/mol. The number of fused-ring (bicyclic) bond motifs is 1. The molecule has 0 aliphatic carbocycles. The first-order chi connectivity index (χ1) is 12.0. The van der Waals surface area contributed by atoms with Crippen LogP contribution in [0.25, 0.3) is 10.2 Å². The maximum Gasteiger partial charge on any atom is 0.279 e. The van der Waals surface area contributed by atoms with Crippen LogP contribution in [0.2, 0.25) is 0 Å². The fourth-order valence-corrected chi connectivity index (χ4v) is 4.62. The van der Waals surface area contributed by atoms with Crippen LogP contribution in [0.15, 0.2) is 45.9 Å². The van der Waals surface area contributed by atoms with Crippen molar-refractivity contribution in [3.63, 3.8) is 0 Å². The Hall–Kier alpha value is -1.37. The summed E-state index contributed by atoms with van der Waals surface area (Å²) in [6.07, 6.45) is 2.09. The minimum atomic E-state index is -0.176. The topological polar surface area (TPSA) is 34.4 Å². The van der Waals surface area contributed by atoms with Crippen molar-refractivity contribution < 1.29 is 4.79 Å². The molecular weight excluding hydrogens is 416 g/mol. The Morgan fingerprint density at radius 2 is 2.04 bits per heavy atom. The van der Waals surface area contributed by atoms with Crippen LogP contribution in [0, 0.1) is 13.8 Å². The fourth-order valence-electron chi connectivity index (χ4n) is 2.64. The van der Waals surface area contributed by atoms with E-state index in [-0.39, 0.29) is 5.91 Å². The Morgan fingerprint density at radius 3 is 2.80 bits per heavy atom. The number of aryl methyl sites for hydroxylation is 3. The van der Waals surface area contributed by atoms with Gasteiger partial charge in [-0.2, -0.15) is 16.8 Å². The van der Waals surface area contributed by atoms with E-state index >= 15 is 0 Å². The summed E-state index contributed by atoms with van der Waals surface area (Å²) in [5.41, 5.74) is 3.82. The number of halogens is 1. The maximum absolute atomic E-state index is 12.8. The van der Waals surface area contributed by atoms with Crippen LogP contribution in [-0.4, -0.2) is 22.5 Å². The first-order valence-corrected chi connectivity index (χ1v) is 10.9. The molecular formula is C19H19BrN2OS2. The molecule has 0 fully saturated rings. The van der Waals surface area contributed by atoms with E-state index in [2.05, 4.69) is 43.9 Å². The molecule has 0 atom stereocenters. The van der Waals surface area contributed by atoms with E-state index in [0.717, 1.165) is 42.9 Å². The minimum absolute atomic E-state index is 0.176. The van der Waals surface area contributed by atoms with Crippen LogP contribution >= 0.6 is 39.0 Å². The highest BCUT2D eigenvalue weighted by Gasteiger charge is 2.11. The van der Waals surface area contributed by atoms with E-state index in [1.807, 2.05) is 38.1 Å². The number of thiazole rings is 1. The smallest absolute Gasteiger partial charge is 0.279 e. The van der Waals surface area contributed by atoms with Gasteiger partial charge in [0.05, 0.1) is 10.2 Å². The monoisotopic (exact) mass is 434 g/mol. The van der Waals surface area contributed by atoms with Crippen LogP contribution in [0.1, 0.15) is 21.5 Å². The molecule has 0 aliphatic heterocycles. The van der Waals surface area contributed by atoms with Gasteiger partial charge in [0.2, 0.25) is 0 Å². The molecule has 2 aromatic carbocycles. The molecule has 0 saturated carbocycles. The van der Waals surface area contributed by atoms with Crippen LogP contribution < -0.4 is 4.80 Å². The number of rotatable bonds is 4. The summed E-state index contributed by atoms with van der Waals surface area (Å²) in [5, 5.41) is 0. The SMILES string of the molecule is CSCCn1c(=NC(=O)c2cc(C)ccc2C)sc2cc(Br)ccc21. The Balaban J connectivity index is 2.14.